The minimum absolute atomic E-state index is 0.121. The predicted octanol–water partition coefficient (Wildman–Crippen LogP) is 14.2. The van der Waals surface area contributed by atoms with E-state index in [4.69, 9.17) is 33.5 Å². The molecular formula is C70H92N8O11. The summed E-state index contributed by atoms with van der Waals surface area (Å²) in [6.45, 7) is 19.0. The maximum absolute atomic E-state index is 12.9. The number of ether oxygens (including phenoxy) is 6. The summed E-state index contributed by atoms with van der Waals surface area (Å²) in [5.41, 5.74) is 3.54. The molecular weight excluding hydrogens is 1130 g/mol. The molecule has 8 rings (SSSR count). The lowest BCUT2D eigenvalue weighted by Crippen LogP contribution is -2.39. The molecule has 0 atom stereocenters. The topological polar surface area (TPSA) is 223 Å². The van der Waals surface area contributed by atoms with Gasteiger partial charge in [0, 0.05) is 97.4 Å². The Morgan fingerprint density at radius 2 is 0.831 bits per heavy atom. The molecule has 6 aromatic rings. The number of nitrogens with one attached hydrogen (secondary N) is 6. The van der Waals surface area contributed by atoms with E-state index in [0.29, 0.717) is 68.4 Å². The zero-order chi connectivity index (χ0) is 63.5. The van der Waals surface area contributed by atoms with Gasteiger partial charge < -0.3 is 75.2 Å². The van der Waals surface area contributed by atoms with E-state index >= 15 is 0 Å². The van der Waals surface area contributed by atoms with Crippen molar-refractivity contribution in [3.8, 4) is 46.0 Å². The number of anilines is 4. The lowest BCUT2D eigenvalue weighted by atomic mass is 10.1. The summed E-state index contributed by atoms with van der Waals surface area (Å²) >= 11 is 0. The molecule has 6 aromatic carbocycles. The van der Waals surface area contributed by atoms with Crippen LogP contribution in [0.3, 0.4) is 0 Å². The van der Waals surface area contributed by atoms with Gasteiger partial charge in [-0.15, -0.1) is 0 Å². The first-order chi connectivity index (χ1) is 43.2. The number of hydrogen-bond donors (Lipinski definition) is 7. The molecule has 478 valence electrons. The van der Waals surface area contributed by atoms with Crippen molar-refractivity contribution in [2.75, 3.05) is 81.4 Å². The Kier molecular flexibility index (Phi) is 27.1. The van der Waals surface area contributed by atoms with Crippen LogP contribution in [0.5, 0.6) is 46.0 Å². The molecule has 7 N–H and O–H groups in total. The van der Waals surface area contributed by atoms with Gasteiger partial charge in [0.1, 0.15) is 35.2 Å². The highest BCUT2D eigenvalue weighted by atomic mass is 16.5. The quantitative estimate of drug-likeness (QED) is 0.0243. The van der Waals surface area contributed by atoms with E-state index in [1.165, 1.54) is 6.42 Å². The van der Waals surface area contributed by atoms with Gasteiger partial charge in [0.15, 0.2) is 23.0 Å². The first kappa shape index (κ1) is 68.0. The van der Waals surface area contributed by atoms with Gasteiger partial charge in [0.25, 0.3) is 11.8 Å². The second-order valence-electron chi connectivity index (χ2n) is 22.7. The van der Waals surface area contributed by atoms with Crippen molar-refractivity contribution in [1.29, 1.82) is 0 Å². The Balaban J connectivity index is 0.000000254. The number of aliphatic hydroxyl groups is 1. The van der Waals surface area contributed by atoms with Gasteiger partial charge in [-0.05, 0) is 198 Å². The van der Waals surface area contributed by atoms with Crippen molar-refractivity contribution < 1.29 is 52.7 Å². The third-order valence-electron chi connectivity index (χ3n) is 15.7. The fourth-order valence-corrected chi connectivity index (χ4v) is 10.2. The van der Waals surface area contributed by atoms with Crippen molar-refractivity contribution >= 4 is 46.6 Å². The molecule has 0 aromatic heterocycles. The maximum atomic E-state index is 12.9. The van der Waals surface area contributed by atoms with Gasteiger partial charge in [-0.3, -0.25) is 9.59 Å². The summed E-state index contributed by atoms with van der Waals surface area (Å²) in [6, 6.07) is 38.8. The molecule has 0 unspecified atom stereocenters. The number of benzene rings is 6. The van der Waals surface area contributed by atoms with Crippen LogP contribution in [0.25, 0.3) is 0 Å². The zero-order valence-corrected chi connectivity index (χ0v) is 53.0. The van der Waals surface area contributed by atoms with Crippen molar-refractivity contribution in [1.82, 2.24) is 20.4 Å². The number of urea groups is 2. The average molecular weight is 1220 g/mol. The van der Waals surface area contributed by atoms with E-state index in [9.17, 15) is 19.2 Å². The third-order valence-corrected chi connectivity index (χ3v) is 15.7. The van der Waals surface area contributed by atoms with Crippen LogP contribution in [0.1, 0.15) is 126 Å². The van der Waals surface area contributed by atoms with Crippen LogP contribution in [0.4, 0.5) is 32.3 Å². The van der Waals surface area contributed by atoms with Crippen LogP contribution in [-0.4, -0.2) is 123 Å². The van der Waals surface area contributed by atoms with Gasteiger partial charge in [0.05, 0.1) is 14.2 Å². The van der Waals surface area contributed by atoms with Crippen LogP contribution in [0.2, 0.25) is 0 Å². The van der Waals surface area contributed by atoms with Crippen LogP contribution in [0.15, 0.2) is 133 Å². The van der Waals surface area contributed by atoms with E-state index in [1.807, 2.05) is 52.0 Å². The van der Waals surface area contributed by atoms with Gasteiger partial charge in [-0.25, -0.2) is 9.59 Å². The lowest BCUT2D eigenvalue weighted by molar-refractivity contribution is 0.0962. The van der Waals surface area contributed by atoms with Gasteiger partial charge in [0.2, 0.25) is 0 Å². The van der Waals surface area contributed by atoms with Gasteiger partial charge in [-0.2, -0.15) is 0 Å². The van der Waals surface area contributed by atoms with E-state index in [1.54, 1.807) is 123 Å². The van der Waals surface area contributed by atoms with E-state index in [-0.39, 0.29) is 54.8 Å². The molecule has 0 radical (unpaired) electrons. The lowest BCUT2D eigenvalue weighted by Gasteiger charge is -2.32. The highest BCUT2D eigenvalue weighted by Gasteiger charge is 2.23. The summed E-state index contributed by atoms with van der Waals surface area (Å²) in [7, 11) is 3.09. The van der Waals surface area contributed by atoms with Gasteiger partial charge in [-0.1, -0.05) is 41.5 Å². The fourth-order valence-electron chi connectivity index (χ4n) is 10.2. The summed E-state index contributed by atoms with van der Waals surface area (Å²) in [5, 5.41) is 26.4. The smallest absolute Gasteiger partial charge is 0.319 e. The number of hydrogen-bond acceptors (Lipinski definition) is 13. The molecule has 6 amide bonds. The van der Waals surface area contributed by atoms with Crippen molar-refractivity contribution in [3.63, 3.8) is 0 Å². The number of amides is 6. The van der Waals surface area contributed by atoms with Crippen LogP contribution in [0, 0.1) is 5.92 Å². The zero-order valence-electron chi connectivity index (χ0n) is 53.0. The minimum Gasteiger partial charge on any atom is -0.493 e. The second kappa shape index (κ2) is 35.5. The highest BCUT2D eigenvalue weighted by molar-refractivity contribution is 6.05. The van der Waals surface area contributed by atoms with E-state index < -0.39 is 0 Å². The van der Waals surface area contributed by atoms with Crippen LogP contribution >= 0.6 is 0 Å². The normalized spacial score (nSPS) is 13.8. The average Bonchev–Trinajstić information content (AvgIpc) is 3.75. The molecule has 0 bridgehead atoms. The summed E-state index contributed by atoms with van der Waals surface area (Å²) in [6.07, 6.45) is 9.78. The molecule has 2 aliphatic heterocycles. The first-order valence-corrected chi connectivity index (χ1v) is 31.4. The van der Waals surface area contributed by atoms with Gasteiger partial charge >= 0.3 is 12.1 Å². The number of piperidine rings is 2. The Morgan fingerprint density at radius 3 is 1.18 bits per heavy atom. The molecule has 2 saturated heterocycles. The Hall–Kier alpha value is -8.52. The van der Waals surface area contributed by atoms with Crippen molar-refractivity contribution in [2.24, 2.45) is 5.92 Å². The SMILES string of the molecule is CCC(CC)NC(=O)Nc1ccc(Oc2ccc(NC(=O)c3ccc(OC4CCN(CCC(C)C)CC4)cc3)cc2)c(OC)c1.CCC(CC)NC(=O)Nc1ccc(Oc2ccc(NC(=O)c3ccc(OC4CCN(CCCO)CC4)cc3)cc2)c(OC)c1. The predicted molar refractivity (Wildman–Crippen MR) is 352 cm³/mol. The van der Waals surface area contributed by atoms with Crippen molar-refractivity contribution in [3.05, 3.63) is 145 Å². The number of carbonyl (C=O) groups is 4. The number of carbonyl (C=O) groups excluding carboxylic acids is 4. The molecule has 2 aliphatic rings. The van der Waals surface area contributed by atoms with Crippen LogP contribution < -0.4 is 60.3 Å². The fraction of sp³-hybridized carbons (Fsp3) is 0.429. The molecule has 89 heavy (non-hydrogen) atoms. The van der Waals surface area contributed by atoms with Crippen molar-refractivity contribution in [2.45, 2.75) is 130 Å². The van der Waals surface area contributed by atoms with E-state index in [0.717, 1.165) is 114 Å². The summed E-state index contributed by atoms with van der Waals surface area (Å²) in [4.78, 5) is 55.2. The molecule has 0 aliphatic carbocycles. The Bertz CT molecular complexity index is 3120. The Labute approximate surface area is 525 Å². The standard InChI is InChI=1S/C36H48N4O5.C34H44N4O6/c1-6-27(7-2)38-36(42)39-29-12-17-33(34(24-29)43-5)45-31-15-10-28(11-16-31)37-35(41)26-8-13-30(14-9-26)44-32-19-22-40(23-20-32)21-18-25(3)4;1-4-25(5-2)36-34(41)37-27-11-16-31(32(23-27)42-3)44-29-14-9-26(10-15-29)35-33(40)24-7-12-28(13-8-24)43-30-17-20-38(21-18-30)19-6-22-39/h8-17,24-25,27,32H,6-7,18-23H2,1-5H3,(H,37,41)(H2,38,39,42);7-16,23,25,30,39H,4-6,17-22H2,1-3H3,(H,35,40)(H2,36,37,41). The number of aliphatic hydroxyl groups excluding tert-OH is 1. The summed E-state index contributed by atoms with van der Waals surface area (Å²) < 4.78 is 35.4. The van der Waals surface area contributed by atoms with Crippen LogP contribution in [-0.2, 0) is 0 Å². The molecule has 0 saturated carbocycles. The second-order valence-corrected chi connectivity index (χ2v) is 22.7. The largest absolute Gasteiger partial charge is 0.493 e. The maximum Gasteiger partial charge on any atom is 0.319 e. The number of rotatable bonds is 28. The number of nitrogens with zero attached hydrogens (tertiary/aromatic N) is 2. The number of methoxy groups -OCH3 is 2. The first-order valence-electron chi connectivity index (χ1n) is 31.4. The third kappa shape index (κ3) is 22.2. The van der Waals surface area contributed by atoms with E-state index in [2.05, 4.69) is 55.5 Å². The highest BCUT2D eigenvalue weighted by Crippen LogP contribution is 2.36. The molecule has 0 spiro atoms. The monoisotopic (exact) mass is 1220 g/mol. The number of likely N-dealkylation sites (tertiary alicyclic amines) is 2. The minimum atomic E-state index is -0.265. The molecule has 2 heterocycles. The molecule has 19 heteroatoms. The molecule has 2 fully saturated rings. The Morgan fingerprint density at radius 1 is 0.472 bits per heavy atom. The summed E-state index contributed by atoms with van der Waals surface area (Å²) in [5.74, 6) is 4.92. The molecule has 19 nitrogen and oxygen atoms in total.